The summed E-state index contributed by atoms with van der Waals surface area (Å²) in [6.45, 7) is 0. The first-order chi connectivity index (χ1) is 14.1. The van der Waals surface area contributed by atoms with Gasteiger partial charge in [-0.05, 0) is 48.5 Å². The van der Waals surface area contributed by atoms with Crippen LogP contribution in [-0.4, -0.2) is 23.6 Å². The van der Waals surface area contributed by atoms with Crippen molar-refractivity contribution in [2.24, 2.45) is 0 Å². The van der Waals surface area contributed by atoms with Crippen LogP contribution in [-0.2, 0) is 15.8 Å². The van der Waals surface area contributed by atoms with E-state index in [9.17, 15) is 8.42 Å². The van der Waals surface area contributed by atoms with Crippen LogP contribution in [0.5, 0.6) is 0 Å². The zero-order chi connectivity index (χ0) is 20.1. The second-order valence-corrected chi connectivity index (χ2v) is 8.59. The summed E-state index contributed by atoms with van der Waals surface area (Å²) in [6.07, 6.45) is 1.74. The number of pyridine rings is 1. The lowest BCUT2D eigenvalue weighted by atomic mass is 10.2. The molecule has 29 heavy (non-hydrogen) atoms. The lowest BCUT2D eigenvalue weighted by Crippen LogP contribution is -2.12. The van der Waals surface area contributed by atoms with Crippen LogP contribution in [0.15, 0.2) is 93.5 Å². The van der Waals surface area contributed by atoms with Gasteiger partial charge < -0.3 is 4.42 Å². The summed E-state index contributed by atoms with van der Waals surface area (Å²) in [7, 11) is -3.63. The molecular formula is C20H16N4O3S2. The van der Waals surface area contributed by atoms with Gasteiger partial charge in [-0.25, -0.2) is 8.42 Å². The summed E-state index contributed by atoms with van der Waals surface area (Å²) in [5.41, 5.74) is 2.07. The molecule has 0 saturated heterocycles. The van der Waals surface area contributed by atoms with Gasteiger partial charge in [-0.2, -0.15) is 0 Å². The predicted molar refractivity (Wildman–Crippen MR) is 111 cm³/mol. The van der Waals surface area contributed by atoms with Crippen molar-refractivity contribution in [3.8, 4) is 11.5 Å². The minimum Gasteiger partial charge on any atom is -0.411 e. The summed E-state index contributed by atoms with van der Waals surface area (Å²) >= 11 is 1.40. The number of sulfonamides is 1. The SMILES string of the molecule is O=S(=O)(Nc1ccc(-c2nnc(SCc3ccccn3)o2)cc1)c1ccccc1. The molecule has 2 aromatic carbocycles. The maximum atomic E-state index is 12.4. The van der Waals surface area contributed by atoms with Gasteiger partial charge in [0.2, 0.25) is 5.89 Å². The minimum atomic E-state index is -3.63. The fourth-order valence-corrected chi connectivity index (χ4v) is 4.26. The molecule has 146 valence electrons. The van der Waals surface area contributed by atoms with Crippen LogP contribution < -0.4 is 4.72 Å². The van der Waals surface area contributed by atoms with Gasteiger partial charge in [0.05, 0.1) is 10.6 Å². The Morgan fingerprint density at radius 1 is 0.897 bits per heavy atom. The Bertz CT molecular complexity index is 1180. The van der Waals surface area contributed by atoms with Crippen molar-refractivity contribution in [1.82, 2.24) is 15.2 Å². The molecule has 0 atom stereocenters. The van der Waals surface area contributed by atoms with Crippen LogP contribution in [0.2, 0.25) is 0 Å². The molecule has 4 aromatic rings. The average molecular weight is 425 g/mol. The maximum Gasteiger partial charge on any atom is 0.277 e. The topological polar surface area (TPSA) is 98.0 Å². The molecular weight excluding hydrogens is 408 g/mol. The highest BCUT2D eigenvalue weighted by molar-refractivity contribution is 7.98. The molecule has 0 amide bonds. The quantitative estimate of drug-likeness (QED) is 0.443. The molecule has 2 aromatic heterocycles. The van der Waals surface area contributed by atoms with Gasteiger partial charge in [-0.1, -0.05) is 36.0 Å². The summed E-state index contributed by atoms with van der Waals surface area (Å²) in [4.78, 5) is 4.46. The second-order valence-electron chi connectivity index (χ2n) is 5.98. The smallest absolute Gasteiger partial charge is 0.277 e. The largest absolute Gasteiger partial charge is 0.411 e. The van der Waals surface area contributed by atoms with Gasteiger partial charge >= 0.3 is 0 Å². The van der Waals surface area contributed by atoms with Crippen LogP contribution in [0.3, 0.4) is 0 Å². The summed E-state index contributed by atoms with van der Waals surface area (Å²) in [5, 5.41) is 8.53. The van der Waals surface area contributed by atoms with Gasteiger partial charge in [0.15, 0.2) is 0 Å². The molecule has 0 aliphatic heterocycles. The average Bonchev–Trinajstić information content (AvgIpc) is 3.23. The number of anilines is 1. The molecule has 2 heterocycles. The monoisotopic (exact) mass is 424 g/mol. The number of hydrogen-bond acceptors (Lipinski definition) is 7. The molecule has 1 N–H and O–H groups in total. The lowest BCUT2D eigenvalue weighted by molar-refractivity contribution is 0.466. The zero-order valence-corrected chi connectivity index (χ0v) is 16.7. The van der Waals surface area contributed by atoms with Crippen molar-refractivity contribution in [3.63, 3.8) is 0 Å². The Balaban J connectivity index is 1.42. The van der Waals surface area contributed by atoms with Crippen molar-refractivity contribution in [3.05, 3.63) is 84.7 Å². The normalized spacial score (nSPS) is 11.3. The first kappa shape index (κ1) is 19.2. The molecule has 0 saturated carbocycles. The molecule has 0 spiro atoms. The molecule has 0 fully saturated rings. The Morgan fingerprint density at radius 3 is 2.38 bits per heavy atom. The van der Waals surface area contributed by atoms with E-state index in [4.69, 9.17) is 4.42 Å². The van der Waals surface area contributed by atoms with Gasteiger partial charge in [0.25, 0.3) is 15.2 Å². The first-order valence-electron chi connectivity index (χ1n) is 8.65. The molecule has 9 heteroatoms. The molecule has 4 rings (SSSR count). The van der Waals surface area contributed by atoms with Crippen molar-refractivity contribution < 1.29 is 12.8 Å². The van der Waals surface area contributed by atoms with Crippen LogP contribution in [0.1, 0.15) is 5.69 Å². The number of nitrogens with zero attached hydrogens (tertiary/aromatic N) is 3. The predicted octanol–water partition coefficient (Wildman–Crippen LogP) is 4.22. The van der Waals surface area contributed by atoms with E-state index in [-0.39, 0.29) is 4.90 Å². The number of hydrogen-bond donors (Lipinski definition) is 1. The Kier molecular flexibility index (Phi) is 5.59. The summed E-state index contributed by atoms with van der Waals surface area (Å²) in [5.74, 6) is 0.994. The van der Waals surface area contributed by atoms with E-state index in [1.807, 2.05) is 18.2 Å². The highest BCUT2D eigenvalue weighted by atomic mass is 32.2. The number of aromatic nitrogens is 3. The Hall–Kier alpha value is -3.17. The standard InChI is InChI=1S/C20H16N4O3S2/c25-29(26,18-7-2-1-3-8-18)24-16-11-9-15(10-12-16)19-22-23-20(27-19)28-14-17-6-4-5-13-21-17/h1-13,24H,14H2. The number of thioether (sulfide) groups is 1. The maximum absolute atomic E-state index is 12.4. The van der Waals surface area contributed by atoms with Crippen LogP contribution in [0, 0.1) is 0 Å². The number of rotatable bonds is 7. The molecule has 0 unspecified atom stereocenters. The molecule has 0 aliphatic rings. The highest BCUT2D eigenvalue weighted by Crippen LogP contribution is 2.26. The van der Waals surface area contributed by atoms with Crippen LogP contribution in [0.4, 0.5) is 5.69 Å². The summed E-state index contributed by atoms with van der Waals surface area (Å²) < 4.78 is 33.0. The zero-order valence-electron chi connectivity index (χ0n) is 15.1. The highest BCUT2D eigenvalue weighted by Gasteiger charge is 2.14. The van der Waals surface area contributed by atoms with E-state index in [1.54, 1.807) is 60.8 Å². The van der Waals surface area contributed by atoms with Crippen LogP contribution in [0.25, 0.3) is 11.5 Å². The summed E-state index contributed by atoms with van der Waals surface area (Å²) in [6, 6.07) is 20.7. The van der Waals surface area contributed by atoms with E-state index in [1.165, 1.54) is 11.8 Å². The van der Waals surface area contributed by atoms with Crippen molar-refractivity contribution in [2.45, 2.75) is 15.9 Å². The van der Waals surface area contributed by atoms with E-state index in [2.05, 4.69) is 19.9 Å². The number of benzene rings is 2. The third kappa shape index (κ3) is 4.82. The van der Waals surface area contributed by atoms with Gasteiger partial charge in [-0.3, -0.25) is 9.71 Å². The second kappa shape index (κ2) is 8.46. The van der Waals surface area contributed by atoms with E-state index < -0.39 is 10.0 Å². The molecule has 0 bridgehead atoms. The minimum absolute atomic E-state index is 0.204. The van der Waals surface area contributed by atoms with E-state index >= 15 is 0 Å². The van der Waals surface area contributed by atoms with Gasteiger partial charge in [-0.15, -0.1) is 10.2 Å². The van der Waals surface area contributed by atoms with E-state index in [0.717, 1.165) is 5.69 Å². The van der Waals surface area contributed by atoms with Crippen molar-refractivity contribution >= 4 is 27.5 Å². The molecule has 7 nitrogen and oxygen atoms in total. The van der Waals surface area contributed by atoms with Gasteiger partial charge in [0.1, 0.15) is 0 Å². The van der Waals surface area contributed by atoms with Crippen molar-refractivity contribution in [1.29, 1.82) is 0 Å². The third-order valence-corrected chi connectivity index (χ3v) is 6.16. The Morgan fingerprint density at radius 2 is 1.66 bits per heavy atom. The fourth-order valence-electron chi connectivity index (χ4n) is 2.50. The van der Waals surface area contributed by atoms with Crippen LogP contribution >= 0.6 is 11.8 Å². The van der Waals surface area contributed by atoms with Gasteiger partial charge in [0, 0.05) is 23.2 Å². The molecule has 0 radical (unpaired) electrons. The number of nitrogens with one attached hydrogen (secondary N) is 1. The van der Waals surface area contributed by atoms with E-state index in [0.29, 0.717) is 28.1 Å². The first-order valence-corrected chi connectivity index (χ1v) is 11.1. The molecule has 0 aliphatic carbocycles. The fraction of sp³-hybridized carbons (Fsp3) is 0.0500. The van der Waals surface area contributed by atoms with Crippen molar-refractivity contribution in [2.75, 3.05) is 4.72 Å². The Labute approximate surface area is 172 Å². The lowest BCUT2D eigenvalue weighted by Gasteiger charge is -2.08. The third-order valence-electron chi connectivity index (χ3n) is 3.91.